The molecule has 1 saturated heterocycles. The van der Waals surface area contributed by atoms with Gasteiger partial charge in [0, 0.05) is 18.5 Å². The van der Waals surface area contributed by atoms with Gasteiger partial charge in [-0.1, -0.05) is 6.92 Å². The normalized spacial score (nSPS) is 44.8. The molecule has 1 heterocycles. The van der Waals surface area contributed by atoms with Crippen molar-refractivity contribution >= 4 is 5.91 Å². The minimum Gasteiger partial charge on any atom is -0.336 e. The van der Waals surface area contributed by atoms with Gasteiger partial charge in [-0.05, 0) is 81.7 Å². The van der Waals surface area contributed by atoms with E-state index in [2.05, 4.69) is 17.1 Å². The summed E-state index contributed by atoms with van der Waals surface area (Å²) < 4.78 is 0. The number of carbonyl (C=O) groups excluding carboxylic acids is 1. The molecule has 5 aliphatic rings. The summed E-state index contributed by atoms with van der Waals surface area (Å²) in [5, 5.41) is 3.44. The van der Waals surface area contributed by atoms with E-state index >= 15 is 0 Å². The number of amides is 1. The number of nitrogens with one attached hydrogen (secondary N) is 1. The van der Waals surface area contributed by atoms with Crippen molar-refractivity contribution in [2.45, 2.75) is 70.4 Å². The highest BCUT2D eigenvalue weighted by atomic mass is 16.2. The lowest BCUT2D eigenvalue weighted by atomic mass is 9.53. The van der Waals surface area contributed by atoms with E-state index in [1.54, 1.807) is 0 Å². The molecule has 5 rings (SSSR count). The fraction of sp³-hybridized carbons (Fsp3) is 0.944. The predicted molar refractivity (Wildman–Crippen MR) is 83.9 cm³/mol. The van der Waals surface area contributed by atoms with Crippen molar-refractivity contribution in [1.29, 1.82) is 0 Å². The van der Waals surface area contributed by atoms with Crippen molar-refractivity contribution in [3.63, 3.8) is 0 Å². The number of hydrogen-bond acceptors (Lipinski definition) is 2. The number of nitrogens with zero attached hydrogens (tertiary/aromatic N) is 1. The highest BCUT2D eigenvalue weighted by molar-refractivity contribution is 5.79. The molecule has 0 spiro atoms. The van der Waals surface area contributed by atoms with Gasteiger partial charge in [0.1, 0.15) is 0 Å². The zero-order chi connectivity index (χ0) is 14.4. The van der Waals surface area contributed by atoms with Crippen LogP contribution in [0.25, 0.3) is 0 Å². The van der Waals surface area contributed by atoms with E-state index in [0.717, 1.165) is 56.0 Å². The third-order valence-electron chi connectivity index (χ3n) is 6.78. The maximum absolute atomic E-state index is 12.5. The van der Waals surface area contributed by atoms with E-state index < -0.39 is 0 Å². The predicted octanol–water partition coefficient (Wildman–Crippen LogP) is 2.80. The Hall–Kier alpha value is -0.570. The quantitative estimate of drug-likeness (QED) is 0.790. The Kier molecular flexibility index (Phi) is 3.72. The number of likely N-dealkylation sites (tertiary alicyclic amines) is 1. The molecule has 1 atom stereocenters. The van der Waals surface area contributed by atoms with Crippen molar-refractivity contribution in [3.8, 4) is 0 Å². The van der Waals surface area contributed by atoms with Gasteiger partial charge >= 0.3 is 0 Å². The summed E-state index contributed by atoms with van der Waals surface area (Å²) in [5.74, 6) is 4.15. The summed E-state index contributed by atoms with van der Waals surface area (Å²) in [4.78, 5) is 14.9. The molecule has 21 heavy (non-hydrogen) atoms. The van der Waals surface area contributed by atoms with Gasteiger partial charge in [-0.15, -0.1) is 0 Å². The molecular weight excluding hydrogens is 260 g/mol. The van der Waals surface area contributed by atoms with Crippen molar-refractivity contribution in [3.05, 3.63) is 0 Å². The smallest absolute Gasteiger partial charge is 0.223 e. The van der Waals surface area contributed by atoms with Crippen LogP contribution >= 0.6 is 0 Å². The fourth-order valence-electron chi connectivity index (χ4n) is 6.25. The molecule has 118 valence electrons. The number of rotatable bonds is 5. The van der Waals surface area contributed by atoms with Gasteiger partial charge in [0.25, 0.3) is 0 Å². The molecule has 3 nitrogen and oxygen atoms in total. The third kappa shape index (κ3) is 2.42. The molecule has 0 radical (unpaired) electrons. The lowest BCUT2D eigenvalue weighted by Crippen LogP contribution is -2.58. The molecule has 5 fully saturated rings. The first-order chi connectivity index (χ1) is 10.3. The van der Waals surface area contributed by atoms with E-state index in [0.29, 0.717) is 18.0 Å². The van der Waals surface area contributed by atoms with E-state index in [9.17, 15) is 4.79 Å². The van der Waals surface area contributed by atoms with Crippen LogP contribution in [0.1, 0.15) is 58.3 Å². The summed E-state index contributed by atoms with van der Waals surface area (Å²) in [6, 6.07) is 1.14. The van der Waals surface area contributed by atoms with Crippen LogP contribution in [0.5, 0.6) is 0 Å². The summed E-state index contributed by atoms with van der Waals surface area (Å²) in [6.45, 7) is 4.27. The Morgan fingerprint density at radius 2 is 1.76 bits per heavy atom. The molecule has 0 unspecified atom stereocenters. The first-order valence-corrected chi connectivity index (χ1v) is 9.28. The van der Waals surface area contributed by atoms with Crippen molar-refractivity contribution in [2.75, 3.05) is 13.1 Å². The van der Waals surface area contributed by atoms with Crippen LogP contribution in [-0.4, -0.2) is 36.0 Å². The van der Waals surface area contributed by atoms with Gasteiger partial charge in [-0.2, -0.15) is 0 Å². The van der Waals surface area contributed by atoms with E-state index in [1.165, 1.54) is 32.1 Å². The second kappa shape index (κ2) is 5.57. The standard InChI is InChI=1S/C18H30N2O/c1-2-19-6-5-16-3-4-17(21)20(16)18-14-8-12-7-13(10-14)11-15(18)9-12/h12-16,18-19H,2-11H2,1H3/t12?,13?,14?,15?,16-,18?/m1/s1. The average Bonchev–Trinajstić information content (AvgIpc) is 2.80. The zero-order valence-electron chi connectivity index (χ0n) is 13.4. The third-order valence-corrected chi connectivity index (χ3v) is 6.78. The molecule has 4 saturated carbocycles. The van der Waals surface area contributed by atoms with Crippen molar-refractivity contribution in [1.82, 2.24) is 10.2 Å². The Labute approximate surface area is 128 Å². The molecule has 4 bridgehead atoms. The van der Waals surface area contributed by atoms with Gasteiger partial charge in [0.15, 0.2) is 0 Å². The molecule has 0 aromatic carbocycles. The fourth-order valence-corrected chi connectivity index (χ4v) is 6.25. The Morgan fingerprint density at radius 3 is 2.38 bits per heavy atom. The van der Waals surface area contributed by atoms with Crippen molar-refractivity contribution < 1.29 is 4.79 Å². The maximum Gasteiger partial charge on any atom is 0.223 e. The number of hydrogen-bond donors (Lipinski definition) is 1. The van der Waals surface area contributed by atoms with Crippen molar-refractivity contribution in [2.24, 2.45) is 23.7 Å². The highest BCUT2D eigenvalue weighted by Crippen LogP contribution is 2.56. The van der Waals surface area contributed by atoms with Crippen LogP contribution in [-0.2, 0) is 4.79 Å². The first-order valence-electron chi connectivity index (χ1n) is 9.28. The van der Waals surface area contributed by atoms with Crippen LogP contribution in [0, 0.1) is 23.7 Å². The van der Waals surface area contributed by atoms with E-state index in [1.807, 2.05) is 0 Å². The topological polar surface area (TPSA) is 32.3 Å². The molecule has 1 amide bonds. The second-order valence-electron chi connectivity index (χ2n) is 8.06. The monoisotopic (exact) mass is 290 g/mol. The summed E-state index contributed by atoms with van der Waals surface area (Å²) in [6.07, 6.45) is 10.2. The van der Waals surface area contributed by atoms with Crippen LogP contribution in [0.4, 0.5) is 0 Å². The zero-order valence-corrected chi connectivity index (χ0v) is 13.4. The highest BCUT2D eigenvalue weighted by Gasteiger charge is 2.52. The Balaban J connectivity index is 1.49. The van der Waals surface area contributed by atoms with Crippen LogP contribution in [0.3, 0.4) is 0 Å². The molecular formula is C18H30N2O. The van der Waals surface area contributed by atoms with Gasteiger partial charge < -0.3 is 10.2 Å². The molecule has 3 heteroatoms. The maximum atomic E-state index is 12.5. The van der Waals surface area contributed by atoms with E-state index in [4.69, 9.17) is 0 Å². The SMILES string of the molecule is CCNCC[C@H]1CCC(=O)N1C1C2CC3CC(C2)CC1C3. The minimum absolute atomic E-state index is 0.467. The Bertz CT molecular complexity index is 380. The van der Waals surface area contributed by atoms with Gasteiger partial charge in [0.05, 0.1) is 0 Å². The summed E-state index contributed by atoms with van der Waals surface area (Å²) >= 11 is 0. The second-order valence-corrected chi connectivity index (χ2v) is 8.06. The molecule has 1 aliphatic heterocycles. The Morgan fingerprint density at radius 1 is 1.10 bits per heavy atom. The molecule has 1 N–H and O–H groups in total. The van der Waals surface area contributed by atoms with E-state index in [-0.39, 0.29) is 0 Å². The average molecular weight is 290 g/mol. The molecule has 0 aromatic heterocycles. The van der Waals surface area contributed by atoms with Gasteiger partial charge in [-0.3, -0.25) is 4.79 Å². The first kappa shape index (κ1) is 14.0. The van der Waals surface area contributed by atoms with Crippen LogP contribution in [0.2, 0.25) is 0 Å². The van der Waals surface area contributed by atoms with Gasteiger partial charge in [0.2, 0.25) is 5.91 Å². The molecule has 0 aromatic rings. The summed E-state index contributed by atoms with van der Waals surface area (Å²) in [7, 11) is 0. The van der Waals surface area contributed by atoms with Gasteiger partial charge in [-0.25, -0.2) is 0 Å². The largest absolute Gasteiger partial charge is 0.336 e. The summed E-state index contributed by atoms with van der Waals surface area (Å²) in [5.41, 5.74) is 0. The van der Waals surface area contributed by atoms with Crippen LogP contribution < -0.4 is 5.32 Å². The lowest BCUT2D eigenvalue weighted by molar-refractivity contribution is -0.142. The lowest BCUT2D eigenvalue weighted by Gasteiger charge is -2.57. The number of carbonyl (C=O) groups is 1. The van der Waals surface area contributed by atoms with Crippen LogP contribution in [0.15, 0.2) is 0 Å². The molecule has 4 aliphatic carbocycles. The minimum atomic E-state index is 0.467.